The quantitative estimate of drug-likeness (QED) is 0.700. The first kappa shape index (κ1) is 11.8. The molecule has 0 aliphatic rings. The summed E-state index contributed by atoms with van der Waals surface area (Å²) >= 11 is 0. The molecular formula is C9H8O5. The number of carbonyl (C=O) groups excluding carboxylic acids is 2. The van der Waals surface area contributed by atoms with E-state index in [1.54, 1.807) is 24.3 Å². The molecule has 1 rings (SSSR count). The van der Waals surface area contributed by atoms with Gasteiger partial charge >= 0.3 is 6.16 Å². The van der Waals surface area contributed by atoms with E-state index < -0.39 is 6.16 Å². The van der Waals surface area contributed by atoms with Crippen LogP contribution in [0.3, 0.4) is 0 Å². The standard InChI is InChI=1S/C8H6O2.CH2O3/c9-5-7-3-1-2-4-8(7)6-10;2-1(3)4/h1-6H;(H2,2,3,4). The molecule has 0 aromatic heterocycles. The Hall–Kier alpha value is -2.17. The maximum absolute atomic E-state index is 10.2. The number of aldehydes is 2. The lowest BCUT2D eigenvalue weighted by atomic mass is 10.1. The zero-order valence-electron chi connectivity index (χ0n) is 7.08. The van der Waals surface area contributed by atoms with E-state index in [9.17, 15) is 9.59 Å². The minimum atomic E-state index is -1.83. The minimum Gasteiger partial charge on any atom is -0.450 e. The molecule has 14 heavy (non-hydrogen) atoms. The summed E-state index contributed by atoms with van der Waals surface area (Å²) in [5, 5.41) is 13.9. The Morgan fingerprint density at radius 1 is 1.00 bits per heavy atom. The number of hydrogen-bond donors (Lipinski definition) is 2. The molecule has 0 atom stereocenters. The van der Waals surface area contributed by atoms with Crippen molar-refractivity contribution in [2.75, 3.05) is 0 Å². The van der Waals surface area contributed by atoms with Crippen molar-refractivity contribution in [3.8, 4) is 0 Å². The van der Waals surface area contributed by atoms with Crippen LogP contribution < -0.4 is 0 Å². The summed E-state index contributed by atoms with van der Waals surface area (Å²) in [6.07, 6.45) is -0.493. The number of carbonyl (C=O) groups is 3. The van der Waals surface area contributed by atoms with Crippen LogP contribution in [-0.4, -0.2) is 28.9 Å². The highest BCUT2D eigenvalue weighted by atomic mass is 16.6. The fourth-order valence-corrected chi connectivity index (χ4v) is 0.726. The molecule has 0 spiro atoms. The van der Waals surface area contributed by atoms with Crippen molar-refractivity contribution < 1.29 is 24.6 Å². The van der Waals surface area contributed by atoms with Crippen LogP contribution in [0.2, 0.25) is 0 Å². The molecule has 5 heteroatoms. The normalized spacial score (nSPS) is 8.00. The van der Waals surface area contributed by atoms with E-state index in [1.807, 2.05) is 0 Å². The maximum Gasteiger partial charge on any atom is 0.503 e. The van der Waals surface area contributed by atoms with Crippen LogP contribution >= 0.6 is 0 Å². The maximum atomic E-state index is 10.2. The third-order valence-electron chi connectivity index (χ3n) is 1.25. The second-order valence-corrected chi connectivity index (χ2v) is 2.15. The Morgan fingerprint density at radius 3 is 1.50 bits per heavy atom. The topological polar surface area (TPSA) is 91.7 Å². The van der Waals surface area contributed by atoms with Crippen LogP contribution in [-0.2, 0) is 0 Å². The predicted molar refractivity (Wildman–Crippen MR) is 47.9 cm³/mol. The lowest BCUT2D eigenvalue weighted by Gasteiger charge is -1.91. The molecule has 0 fully saturated rings. The molecule has 0 aliphatic heterocycles. The molecule has 0 unspecified atom stereocenters. The van der Waals surface area contributed by atoms with E-state index in [0.717, 1.165) is 0 Å². The third-order valence-corrected chi connectivity index (χ3v) is 1.25. The van der Waals surface area contributed by atoms with Crippen molar-refractivity contribution in [3.63, 3.8) is 0 Å². The van der Waals surface area contributed by atoms with Crippen LogP contribution in [0.1, 0.15) is 20.7 Å². The predicted octanol–water partition coefficient (Wildman–Crippen LogP) is 1.53. The zero-order chi connectivity index (χ0) is 11.0. The van der Waals surface area contributed by atoms with Gasteiger partial charge in [0, 0.05) is 11.1 Å². The van der Waals surface area contributed by atoms with Gasteiger partial charge in [0.25, 0.3) is 0 Å². The SMILES string of the molecule is O=C(O)O.O=Cc1ccccc1C=O. The van der Waals surface area contributed by atoms with Crippen molar-refractivity contribution >= 4 is 18.7 Å². The highest BCUT2D eigenvalue weighted by molar-refractivity contribution is 5.89. The molecular weight excluding hydrogens is 188 g/mol. The van der Waals surface area contributed by atoms with E-state index in [-0.39, 0.29) is 0 Å². The first-order valence-electron chi connectivity index (χ1n) is 3.53. The van der Waals surface area contributed by atoms with Crippen molar-refractivity contribution in [1.29, 1.82) is 0 Å². The first-order valence-corrected chi connectivity index (χ1v) is 3.53. The van der Waals surface area contributed by atoms with E-state index in [0.29, 0.717) is 23.7 Å². The molecule has 0 heterocycles. The van der Waals surface area contributed by atoms with Crippen molar-refractivity contribution in [2.24, 2.45) is 0 Å². The largest absolute Gasteiger partial charge is 0.503 e. The molecule has 0 amide bonds. The highest BCUT2D eigenvalue weighted by Crippen LogP contribution is 2.01. The van der Waals surface area contributed by atoms with Gasteiger partial charge in [0.15, 0.2) is 12.6 Å². The van der Waals surface area contributed by atoms with Gasteiger partial charge in [0.2, 0.25) is 0 Å². The van der Waals surface area contributed by atoms with Crippen LogP contribution in [0.15, 0.2) is 24.3 Å². The molecule has 2 N–H and O–H groups in total. The summed E-state index contributed by atoms with van der Waals surface area (Å²) in [6.45, 7) is 0. The minimum absolute atomic E-state index is 0.442. The summed E-state index contributed by atoms with van der Waals surface area (Å²) in [4.78, 5) is 29.0. The fourth-order valence-electron chi connectivity index (χ4n) is 0.726. The van der Waals surface area contributed by atoms with Crippen molar-refractivity contribution in [2.45, 2.75) is 0 Å². The van der Waals surface area contributed by atoms with Gasteiger partial charge in [-0.25, -0.2) is 4.79 Å². The molecule has 0 saturated heterocycles. The van der Waals surface area contributed by atoms with Crippen molar-refractivity contribution in [3.05, 3.63) is 35.4 Å². The second kappa shape index (κ2) is 6.36. The first-order chi connectivity index (χ1) is 6.61. The number of hydrogen-bond acceptors (Lipinski definition) is 3. The van der Waals surface area contributed by atoms with Gasteiger partial charge in [0.1, 0.15) is 0 Å². The van der Waals surface area contributed by atoms with Crippen molar-refractivity contribution in [1.82, 2.24) is 0 Å². The van der Waals surface area contributed by atoms with Crippen LogP contribution in [0.4, 0.5) is 4.79 Å². The van der Waals surface area contributed by atoms with Gasteiger partial charge in [-0.15, -0.1) is 0 Å². The molecule has 0 bridgehead atoms. The van der Waals surface area contributed by atoms with Crippen LogP contribution in [0, 0.1) is 0 Å². The Kier molecular flexibility index (Phi) is 5.37. The smallest absolute Gasteiger partial charge is 0.450 e. The lowest BCUT2D eigenvalue weighted by molar-refractivity contribution is 0.109. The molecule has 1 aromatic rings. The van der Waals surface area contributed by atoms with Gasteiger partial charge in [-0.2, -0.15) is 0 Å². The molecule has 0 radical (unpaired) electrons. The molecule has 74 valence electrons. The summed E-state index contributed by atoms with van der Waals surface area (Å²) in [5.74, 6) is 0. The van der Waals surface area contributed by atoms with Crippen LogP contribution in [0.5, 0.6) is 0 Å². The summed E-state index contributed by atoms with van der Waals surface area (Å²) in [6, 6.07) is 6.65. The monoisotopic (exact) mass is 196 g/mol. The Bertz CT molecular complexity index is 301. The van der Waals surface area contributed by atoms with Gasteiger partial charge in [0.05, 0.1) is 0 Å². The zero-order valence-corrected chi connectivity index (χ0v) is 7.08. The molecule has 0 aliphatic carbocycles. The summed E-state index contributed by atoms with van der Waals surface area (Å²) in [7, 11) is 0. The average Bonchev–Trinajstić information content (AvgIpc) is 2.17. The van der Waals surface area contributed by atoms with E-state index in [4.69, 9.17) is 15.0 Å². The lowest BCUT2D eigenvalue weighted by Crippen LogP contribution is -1.87. The Labute approximate surface area is 79.6 Å². The molecule has 5 nitrogen and oxygen atoms in total. The average molecular weight is 196 g/mol. The van der Waals surface area contributed by atoms with E-state index in [1.165, 1.54) is 0 Å². The molecule has 1 aromatic carbocycles. The Morgan fingerprint density at radius 2 is 1.29 bits per heavy atom. The van der Waals surface area contributed by atoms with E-state index >= 15 is 0 Å². The summed E-state index contributed by atoms with van der Waals surface area (Å²) in [5.41, 5.74) is 0.884. The van der Waals surface area contributed by atoms with Gasteiger partial charge < -0.3 is 10.2 Å². The number of benzene rings is 1. The molecule has 0 saturated carbocycles. The Balaban J connectivity index is 0.000000364. The highest BCUT2D eigenvalue weighted by Gasteiger charge is 1.95. The van der Waals surface area contributed by atoms with Gasteiger partial charge in [-0.1, -0.05) is 24.3 Å². The number of carboxylic acid groups (broad SMARTS) is 2. The third kappa shape index (κ3) is 4.66. The van der Waals surface area contributed by atoms with Crippen LogP contribution in [0.25, 0.3) is 0 Å². The van der Waals surface area contributed by atoms with Gasteiger partial charge in [-0.05, 0) is 0 Å². The number of rotatable bonds is 2. The fraction of sp³-hybridized carbons (Fsp3) is 0. The summed E-state index contributed by atoms with van der Waals surface area (Å²) < 4.78 is 0. The van der Waals surface area contributed by atoms with E-state index in [2.05, 4.69) is 0 Å². The van der Waals surface area contributed by atoms with Gasteiger partial charge in [-0.3, -0.25) is 9.59 Å². The second-order valence-electron chi connectivity index (χ2n) is 2.15.